The quantitative estimate of drug-likeness (QED) is 0.236. The molecule has 176 valence electrons. The highest BCUT2D eigenvalue weighted by atomic mass is 35.5. The van der Waals surface area contributed by atoms with Crippen LogP contribution in [-0.2, 0) is 13.9 Å². The molecule has 3 aromatic rings. The molecule has 7 nitrogen and oxygen atoms in total. The standard InChI is InChI=1S/C21H19Cl4N2O5P/c1-2-31-33(29,30)10-9-27(21(28)20(24)25)14-6-3-5-13(11-14)18-12-17(26-32-18)19-15(22)7-4-8-16(19)23/h3-8,11-12,20H,2,9-10H2,1H3,(H,29,30). The molecule has 0 spiro atoms. The Morgan fingerprint density at radius 1 is 1.18 bits per heavy atom. The molecule has 1 unspecified atom stereocenters. The molecule has 1 N–H and O–H groups in total. The van der Waals surface area contributed by atoms with E-state index < -0.39 is 18.3 Å². The van der Waals surface area contributed by atoms with Crippen LogP contribution >= 0.6 is 54.0 Å². The SMILES string of the molecule is CCOP(=O)(O)CCN(C(=O)C(Cl)Cl)c1cccc(-c2cc(-c3c(Cl)cccc3Cl)no2)c1. The number of amides is 1. The van der Waals surface area contributed by atoms with E-state index in [2.05, 4.69) is 5.16 Å². The fraction of sp³-hybridized carbons (Fsp3) is 0.238. The van der Waals surface area contributed by atoms with Crippen molar-refractivity contribution in [1.82, 2.24) is 5.16 Å². The van der Waals surface area contributed by atoms with Gasteiger partial charge < -0.3 is 18.8 Å². The highest BCUT2D eigenvalue weighted by Crippen LogP contribution is 2.42. The Morgan fingerprint density at radius 2 is 1.85 bits per heavy atom. The lowest BCUT2D eigenvalue weighted by Gasteiger charge is -2.24. The Hall–Kier alpha value is -1.57. The van der Waals surface area contributed by atoms with Crippen LogP contribution in [0.5, 0.6) is 0 Å². The molecule has 0 aliphatic rings. The first-order valence-electron chi connectivity index (χ1n) is 9.70. The molecule has 2 aromatic carbocycles. The molecule has 12 heteroatoms. The van der Waals surface area contributed by atoms with Gasteiger partial charge in [-0.15, -0.1) is 0 Å². The molecule has 0 fully saturated rings. The number of benzene rings is 2. The van der Waals surface area contributed by atoms with Gasteiger partial charge in [-0.1, -0.05) is 69.8 Å². The van der Waals surface area contributed by atoms with Crippen LogP contribution in [0.1, 0.15) is 6.92 Å². The van der Waals surface area contributed by atoms with Crippen molar-refractivity contribution in [2.24, 2.45) is 0 Å². The second-order valence-electron chi connectivity index (χ2n) is 6.79. The number of rotatable bonds is 9. The fourth-order valence-corrected chi connectivity index (χ4v) is 4.89. The van der Waals surface area contributed by atoms with E-state index in [9.17, 15) is 14.3 Å². The van der Waals surface area contributed by atoms with E-state index in [1.807, 2.05) is 0 Å². The maximum atomic E-state index is 12.6. The van der Waals surface area contributed by atoms with Crippen LogP contribution in [0.4, 0.5) is 5.69 Å². The average Bonchev–Trinajstić information content (AvgIpc) is 3.23. The van der Waals surface area contributed by atoms with Crippen molar-refractivity contribution in [3.05, 3.63) is 58.6 Å². The monoisotopic (exact) mass is 550 g/mol. The fourth-order valence-electron chi connectivity index (χ4n) is 3.08. The van der Waals surface area contributed by atoms with E-state index in [4.69, 9.17) is 55.5 Å². The summed E-state index contributed by atoms with van der Waals surface area (Å²) >= 11 is 24.1. The molecule has 33 heavy (non-hydrogen) atoms. The summed E-state index contributed by atoms with van der Waals surface area (Å²) in [5, 5.41) is 4.90. The zero-order valence-electron chi connectivity index (χ0n) is 17.3. The first-order chi connectivity index (χ1) is 15.6. The first-order valence-corrected chi connectivity index (χ1v) is 13.1. The van der Waals surface area contributed by atoms with Gasteiger partial charge in [-0.05, 0) is 31.2 Å². The summed E-state index contributed by atoms with van der Waals surface area (Å²) in [7, 11) is -3.88. The molecule has 0 saturated heterocycles. The maximum Gasteiger partial charge on any atom is 0.329 e. The summed E-state index contributed by atoms with van der Waals surface area (Å²) in [6.45, 7) is 1.53. The van der Waals surface area contributed by atoms with Gasteiger partial charge >= 0.3 is 7.60 Å². The number of hydrogen-bond acceptors (Lipinski definition) is 5. The minimum atomic E-state index is -3.88. The highest BCUT2D eigenvalue weighted by molar-refractivity contribution is 7.52. The summed E-state index contributed by atoms with van der Waals surface area (Å²) < 4.78 is 22.5. The topological polar surface area (TPSA) is 92.9 Å². The van der Waals surface area contributed by atoms with Crippen LogP contribution in [0.2, 0.25) is 10.0 Å². The van der Waals surface area contributed by atoms with Crippen molar-refractivity contribution < 1.29 is 23.3 Å². The lowest BCUT2D eigenvalue weighted by Crippen LogP contribution is -2.37. The van der Waals surface area contributed by atoms with Crippen LogP contribution in [0.15, 0.2) is 53.1 Å². The number of anilines is 1. The van der Waals surface area contributed by atoms with Crippen molar-refractivity contribution in [1.29, 1.82) is 0 Å². The smallest absolute Gasteiger partial charge is 0.329 e. The lowest BCUT2D eigenvalue weighted by molar-refractivity contribution is -0.116. The molecule has 1 atom stereocenters. The van der Waals surface area contributed by atoms with Crippen molar-refractivity contribution >= 4 is 65.6 Å². The Kier molecular flexibility index (Phi) is 8.87. The van der Waals surface area contributed by atoms with E-state index >= 15 is 0 Å². The van der Waals surface area contributed by atoms with Crippen LogP contribution in [-0.4, -0.2) is 40.1 Å². The van der Waals surface area contributed by atoms with Gasteiger partial charge in [0, 0.05) is 29.4 Å². The van der Waals surface area contributed by atoms with Gasteiger partial charge in [0.1, 0.15) is 5.69 Å². The summed E-state index contributed by atoms with van der Waals surface area (Å²) in [6, 6.07) is 13.5. The summed E-state index contributed by atoms with van der Waals surface area (Å²) in [4.78, 5) is 22.4. The molecule has 1 aromatic heterocycles. The third-order valence-corrected chi connectivity index (χ3v) is 6.99. The molecule has 0 radical (unpaired) electrons. The summed E-state index contributed by atoms with van der Waals surface area (Å²) in [5.41, 5.74) is 1.96. The van der Waals surface area contributed by atoms with E-state index in [-0.39, 0.29) is 19.3 Å². The van der Waals surface area contributed by atoms with Gasteiger partial charge in [-0.3, -0.25) is 9.36 Å². The Morgan fingerprint density at radius 3 is 2.48 bits per heavy atom. The Labute approximate surface area is 210 Å². The number of aromatic nitrogens is 1. The molecule has 0 bridgehead atoms. The molecule has 3 rings (SSSR count). The minimum Gasteiger partial charge on any atom is -0.356 e. The lowest BCUT2D eigenvalue weighted by atomic mass is 10.1. The molecule has 1 heterocycles. The zero-order valence-corrected chi connectivity index (χ0v) is 21.2. The third-order valence-electron chi connectivity index (χ3n) is 4.56. The van der Waals surface area contributed by atoms with Crippen molar-refractivity contribution in [2.75, 3.05) is 24.2 Å². The first kappa shape index (κ1) is 26.0. The van der Waals surface area contributed by atoms with Gasteiger partial charge in [-0.25, -0.2) is 0 Å². The number of carbonyl (C=O) groups is 1. The largest absolute Gasteiger partial charge is 0.356 e. The number of halogens is 4. The molecule has 1 amide bonds. The zero-order chi connectivity index (χ0) is 24.2. The van der Waals surface area contributed by atoms with Gasteiger partial charge in [0.05, 0.1) is 22.8 Å². The van der Waals surface area contributed by atoms with Crippen LogP contribution in [0, 0.1) is 0 Å². The minimum absolute atomic E-state index is 0.0636. The number of alkyl halides is 2. The summed E-state index contributed by atoms with van der Waals surface area (Å²) in [5.74, 6) is -0.251. The van der Waals surface area contributed by atoms with Crippen LogP contribution in [0.3, 0.4) is 0 Å². The molecule has 0 aliphatic heterocycles. The van der Waals surface area contributed by atoms with E-state index in [1.165, 1.54) is 4.90 Å². The van der Waals surface area contributed by atoms with Gasteiger partial charge in [0.2, 0.25) is 0 Å². The predicted octanol–water partition coefficient (Wildman–Crippen LogP) is 6.67. The van der Waals surface area contributed by atoms with E-state index in [1.54, 1.807) is 55.5 Å². The van der Waals surface area contributed by atoms with Gasteiger partial charge in [-0.2, -0.15) is 0 Å². The third kappa shape index (κ3) is 6.52. The molecule has 0 saturated carbocycles. The number of hydrogen-bond donors (Lipinski definition) is 1. The van der Waals surface area contributed by atoms with Crippen molar-refractivity contribution in [3.63, 3.8) is 0 Å². The second-order valence-corrected chi connectivity index (χ2v) is 10.7. The van der Waals surface area contributed by atoms with E-state index in [0.29, 0.717) is 38.3 Å². The normalized spacial score (nSPS) is 13.2. The van der Waals surface area contributed by atoms with E-state index in [0.717, 1.165) is 0 Å². The maximum absolute atomic E-state index is 12.6. The molecular weight excluding hydrogens is 533 g/mol. The number of carbonyl (C=O) groups excluding carboxylic acids is 1. The Bertz CT molecular complexity index is 1170. The van der Waals surface area contributed by atoms with Crippen LogP contribution < -0.4 is 4.90 Å². The molecule has 0 aliphatic carbocycles. The van der Waals surface area contributed by atoms with Crippen molar-refractivity contribution in [2.45, 2.75) is 11.8 Å². The Balaban J connectivity index is 1.93. The second kappa shape index (κ2) is 11.2. The summed E-state index contributed by atoms with van der Waals surface area (Å²) in [6.07, 6.45) is -0.297. The number of nitrogens with zero attached hydrogens (tertiary/aromatic N) is 2. The van der Waals surface area contributed by atoms with Crippen molar-refractivity contribution in [3.8, 4) is 22.6 Å². The van der Waals surface area contributed by atoms with Crippen LogP contribution in [0.25, 0.3) is 22.6 Å². The highest BCUT2D eigenvalue weighted by Gasteiger charge is 2.27. The van der Waals surface area contributed by atoms with Gasteiger partial charge in [0.15, 0.2) is 10.6 Å². The average molecular weight is 552 g/mol. The molecular formula is C21H19Cl4N2O5P. The predicted molar refractivity (Wildman–Crippen MR) is 132 cm³/mol. The van der Waals surface area contributed by atoms with Gasteiger partial charge in [0.25, 0.3) is 5.91 Å².